The second kappa shape index (κ2) is 10.1. The first kappa shape index (κ1) is 17.4. The third kappa shape index (κ3) is 6.18. The van der Waals surface area contributed by atoms with Crippen LogP contribution in [0.5, 0.6) is 0 Å². The van der Waals surface area contributed by atoms with Crippen molar-refractivity contribution in [3.8, 4) is 0 Å². The molecule has 0 atom stereocenters. The molecule has 0 heterocycles. The molecule has 0 saturated heterocycles. The summed E-state index contributed by atoms with van der Waals surface area (Å²) < 4.78 is 11.5. The van der Waals surface area contributed by atoms with Gasteiger partial charge >= 0.3 is 8.80 Å². The maximum Gasteiger partial charge on any atom is 0.534 e. The summed E-state index contributed by atoms with van der Waals surface area (Å²) in [6.45, 7) is 5.45. The van der Waals surface area contributed by atoms with Crippen molar-refractivity contribution in [1.29, 1.82) is 0 Å². The fourth-order valence-electron chi connectivity index (χ4n) is 1.98. The minimum Gasteiger partial charge on any atom is -0.386 e. The largest absolute Gasteiger partial charge is 0.534 e. The topological polar surface area (TPSA) is 38.7 Å². The van der Waals surface area contributed by atoms with Crippen LogP contribution in [0.4, 0.5) is 0 Å². The summed E-state index contributed by atoms with van der Waals surface area (Å²) in [5.74, 6) is 0. The Labute approximate surface area is 124 Å². The SMILES string of the molecule is CCCCCO[Si](O)(OCCCCC)c1ccccc1. The van der Waals surface area contributed by atoms with Gasteiger partial charge in [0.2, 0.25) is 0 Å². The maximum absolute atomic E-state index is 10.8. The van der Waals surface area contributed by atoms with Crippen molar-refractivity contribution in [3.05, 3.63) is 30.3 Å². The van der Waals surface area contributed by atoms with Crippen molar-refractivity contribution in [2.24, 2.45) is 0 Å². The predicted octanol–water partition coefficient (Wildman–Crippen LogP) is 3.24. The second-order valence-corrected chi connectivity index (χ2v) is 7.38. The Morgan fingerprint density at radius 2 is 1.35 bits per heavy atom. The number of rotatable bonds is 11. The average Bonchev–Trinajstić information content (AvgIpc) is 2.49. The fraction of sp³-hybridized carbons (Fsp3) is 0.625. The van der Waals surface area contributed by atoms with Gasteiger partial charge in [-0.1, -0.05) is 69.9 Å². The molecule has 0 unspecified atom stereocenters. The van der Waals surface area contributed by atoms with Crippen LogP contribution in [-0.4, -0.2) is 26.8 Å². The Hall–Kier alpha value is -0.683. The summed E-state index contributed by atoms with van der Waals surface area (Å²) in [7, 11) is -3.23. The molecule has 0 aliphatic carbocycles. The highest BCUT2D eigenvalue weighted by Crippen LogP contribution is 2.08. The molecular formula is C16H28O3Si. The summed E-state index contributed by atoms with van der Waals surface area (Å²) in [6.07, 6.45) is 6.47. The molecule has 0 aromatic heterocycles. The van der Waals surface area contributed by atoms with E-state index < -0.39 is 8.80 Å². The van der Waals surface area contributed by atoms with Crippen molar-refractivity contribution in [2.45, 2.75) is 52.4 Å². The van der Waals surface area contributed by atoms with Gasteiger partial charge in [0.1, 0.15) is 0 Å². The van der Waals surface area contributed by atoms with E-state index in [1.807, 2.05) is 30.3 Å². The molecule has 4 heteroatoms. The zero-order chi connectivity index (χ0) is 14.7. The lowest BCUT2D eigenvalue weighted by Gasteiger charge is -2.24. The van der Waals surface area contributed by atoms with Crippen molar-refractivity contribution in [2.75, 3.05) is 13.2 Å². The lowest BCUT2D eigenvalue weighted by Crippen LogP contribution is -2.54. The summed E-state index contributed by atoms with van der Waals surface area (Å²) in [6, 6.07) is 9.56. The van der Waals surface area contributed by atoms with Crippen LogP contribution in [0.1, 0.15) is 52.4 Å². The number of benzene rings is 1. The van der Waals surface area contributed by atoms with E-state index in [1.54, 1.807) is 0 Å². The minimum atomic E-state index is -3.23. The molecule has 0 radical (unpaired) electrons. The van der Waals surface area contributed by atoms with E-state index in [0.29, 0.717) is 13.2 Å². The van der Waals surface area contributed by atoms with Crippen LogP contribution in [0.3, 0.4) is 0 Å². The molecule has 0 bridgehead atoms. The van der Waals surface area contributed by atoms with E-state index in [-0.39, 0.29) is 0 Å². The third-order valence-corrected chi connectivity index (χ3v) is 5.48. The second-order valence-electron chi connectivity index (χ2n) is 5.06. The van der Waals surface area contributed by atoms with Crippen LogP contribution in [0.15, 0.2) is 30.3 Å². The standard InChI is InChI=1S/C16H28O3Si/c1-3-5-10-14-18-20(17,19-15-11-6-4-2)16-12-8-7-9-13-16/h7-9,12-13,17H,3-6,10-11,14-15H2,1-2H3. The van der Waals surface area contributed by atoms with Gasteiger partial charge in [-0.15, -0.1) is 0 Å². The highest BCUT2D eigenvalue weighted by molar-refractivity contribution is 6.74. The first-order valence-corrected chi connectivity index (χ1v) is 9.55. The zero-order valence-electron chi connectivity index (χ0n) is 12.8. The molecule has 3 nitrogen and oxygen atoms in total. The average molecular weight is 296 g/mol. The smallest absolute Gasteiger partial charge is 0.386 e. The summed E-state index contributed by atoms with van der Waals surface area (Å²) in [4.78, 5) is 10.8. The fourth-order valence-corrected chi connectivity index (χ4v) is 3.85. The molecule has 114 valence electrons. The van der Waals surface area contributed by atoms with Crippen LogP contribution < -0.4 is 5.19 Å². The molecule has 0 amide bonds. The van der Waals surface area contributed by atoms with Gasteiger partial charge in [-0.2, -0.15) is 0 Å². The lowest BCUT2D eigenvalue weighted by molar-refractivity contribution is 0.108. The molecule has 1 aromatic carbocycles. The van der Waals surface area contributed by atoms with Crippen LogP contribution in [0.25, 0.3) is 0 Å². The van der Waals surface area contributed by atoms with Crippen molar-refractivity contribution >= 4 is 14.0 Å². The molecule has 0 aliphatic rings. The van der Waals surface area contributed by atoms with Gasteiger partial charge < -0.3 is 13.6 Å². The molecule has 0 aliphatic heterocycles. The predicted molar refractivity (Wildman–Crippen MR) is 85.0 cm³/mol. The van der Waals surface area contributed by atoms with E-state index in [0.717, 1.165) is 43.7 Å². The Balaban J connectivity index is 2.57. The van der Waals surface area contributed by atoms with E-state index in [4.69, 9.17) is 8.85 Å². The molecule has 0 saturated carbocycles. The van der Waals surface area contributed by atoms with Crippen molar-refractivity contribution < 1.29 is 13.6 Å². The van der Waals surface area contributed by atoms with Gasteiger partial charge in [-0.3, -0.25) is 0 Å². The molecule has 1 N–H and O–H groups in total. The normalized spacial score (nSPS) is 11.8. The number of hydrogen-bond acceptors (Lipinski definition) is 3. The van der Waals surface area contributed by atoms with Crippen LogP contribution in [0.2, 0.25) is 0 Å². The van der Waals surface area contributed by atoms with Crippen molar-refractivity contribution in [1.82, 2.24) is 0 Å². The van der Waals surface area contributed by atoms with Gasteiger partial charge in [0.15, 0.2) is 0 Å². The summed E-state index contributed by atoms with van der Waals surface area (Å²) in [5.41, 5.74) is 0. The molecule has 0 fully saturated rings. The summed E-state index contributed by atoms with van der Waals surface area (Å²) in [5, 5.41) is 0.799. The third-order valence-electron chi connectivity index (χ3n) is 3.23. The lowest BCUT2D eigenvalue weighted by atomic mass is 10.3. The minimum absolute atomic E-state index is 0.569. The quantitative estimate of drug-likeness (QED) is 0.503. The van der Waals surface area contributed by atoms with Crippen LogP contribution in [-0.2, 0) is 8.85 Å². The Morgan fingerprint density at radius 3 is 1.80 bits per heavy atom. The van der Waals surface area contributed by atoms with E-state index in [9.17, 15) is 4.80 Å². The van der Waals surface area contributed by atoms with Crippen molar-refractivity contribution in [3.63, 3.8) is 0 Å². The summed E-state index contributed by atoms with van der Waals surface area (Å²) >= 11 is 0. The first-order chi connectivity index (χ1) is 9.73. The van der Waals surface area contributed by atoms with Gasteiger partial charge in [-0.05, 0) is 12.8 Å². The number of unbranched alkanes of at least 4 members (excludes halogenated alkanes) is 4. The Bertz CT molecular complexity index is 331. The van der Waals surface area contributed by atoms with E-state index in [2.05, 4.69) is 13.8 Å². The highest BCUT2D eigenvalue weighted by Gasteiger charge is 2.39. The highest BCUT2D eigenvalue weighted by atomic mass is 28.4. The zero-order valence-corrected chi connectivity index (χ0v) is 13.8. The van der Waals surface area contributed by atoms with Crippen LogP contribution >= 0.6 is 0 Å². The molecule has 1 aromatic rings. The van der Waals surface area contributed by atoms with Gasteiger partial charge in [0.05, 0.1) is 0 Å². The Kier molecular flexibility index (Phi) is 8.77. The van der Waals surface area contributed by atoms with Gasteiger partial charge in [0.25, 0.3) is 0 Å². The monoisotopic (exact) mass is 296 g/mol. The Morgan fingerprint density at radius 1 is 0.850 bits per heavy atom. The molecule has 1 rings (SSSR count). The van der Waals surface area contributed by atoms with Gasteiger partial charge in [-0.25, -0.2) is 0 Å². The van der Waals surface area contributed by atoms with E-state index in [1.165, 1.54) is 0 Å². The van der Waals surface area contributed by atoms with Crippen LogP contribution in [0, 0.1) is 0 Å². The maximum atomic E-state index is 10.8. The van der Waals surface area contributed by atoms with E-state index >= 15 is 0 Å². The first-order valence-electron chi connectivity index (χ1n) is 7.78. The van der Waals surface area contributed by atoms with Gasteiger partial charge in [0, 0.05) is 18.4 Å². The number of hydrogen-bond donors (Lipinski definition) is 1. The molecule has 0 spiro atoms. The molecular weight excluding hydrogens is 268 g/mol. The molecule has 20 heavy (non-hydrogen) atoms.